The van der Waals surface area contributed by atoms with Crippen LogP contribution in [0.3, 0.4) is 0 Å². The SMILES string of the molecule is COc1cc(C(=O)N2CCOCC2)ccc1Nc1ncc(Cl)c(-c2cnn(-c3cccnc3)c2)n1. The van der Waals surface area contributed by atoms with E-state index >= 15 is 0 Å². The largest absolute Gasteiger partial charge is 0.495 e. The third-order valence-corrected chi connectivity index (χ3v) is 5.78. The molecule has 1 aromatic carbocycles. The highest BCUT2D eigenvalue weighted by Crippen LogP contribution is 2.31. The number of amides is 1. The second-order valence-corrected chi connectivity index (χ2v) is 8.13. The van der Waals surface area contributed by atoms with E-state index in [2.05, 4.69) is 25.4 Å². The van der Waals surface area contributed by atoms with E-state index in [1.165, 1.54) is 6.20 Å². The van der Waals surface area contributed by atoms with Crippen molar-refractivity contribution in [3.05, 3.63) is 71.9 Å². The zero-order chi connectivity index (χ0) is 24.2. The molecule has 178 valence electrons. The summed E-state index contributed by atoms with van der Waals surface area (Å²) >= 11 is 6.40. The molecule has 1 fully saturated rings. The van der Waals surface area contributed by atoms with Crippen molar-refractivity contribution in [2.24, 2.45) is 0 Å². The molecule has 0 unspecified atom stereocenters. The summed E-state index contributed by atoms with van der Waals surface area (Å²) in [5, 5.41) is 7.93. The highest BCUT2D eigenvalue weighted by molar-refractivity contribution is 6.32. The van der Waals surface area contributed by atoms with Crippen molar-refractivity contribution in [2.75, 3.05) is 38.7 Å². The highest BCUT2D eigenvalue weighted by Gasteiger charge is 2.20. The first-order valence-corrected chi connectivity index (χ1v) is 11.3. The van der Waals surface area contributed by atoms with Gasteiger partial charge in [0, 0.05) is 36.6 Å². The number of rotatable bonds is 6. The van der Waals surface area contributed by atoms with E-state index in [4.69, 9.17) is 21.1 Å². The van der Waals surface area contributed by atoms with E-state index in [1.807, 2.05) is 18.3 Å². The van der Waals surface area contributed by atoms with Gasteiger partial charge < -0.3 is 19.7 Å². The van der Waals surface area contributed by atoms with Crippen molar-refractivity contribution < 1.29 is 14.3 Å². The quantitative estimate of drug-likeness (QED) is 0.436. The van der Waals surface area contributed by atoms with Gasteiger partial charge in [-0.25, -0.2) is 14.6 Å². The minimum atomic E-state index is -0.0613. The van der Waals surface area contributed by atoms with Gasteiger partial charge in [0.05, 0.1) is 61.0 Å². The third-order valence-electron chi connectivity index (χ3n) is 5.50. The fraction of sp³-hybridized carbons (Fsp3) is 0.208. The lowest BCUT2D eigenvalue weighted by molar-refractivity contribution is 0.0302. The molecule has 4 aromatic rings. The molecule has 1 N–H and O–H groups in total. The molecule has 1 aliphatic heterocycles. The fourth-order valence-electron chi connectivity index (χ4n) is 3.70. The first-order chi connectivity index (χ1) is 17.1. The highest BCUT2D eigenvalue weighted by atomic mass is 35.5. The minimum Gasteiger partial charge on any atom is -0.495 e. The van der Waals surface area contributed by atoms with Gasteiger partial charge in [-0.05, 0) is 30.3 Å². The lowest BCUT2D eigenvalue weighted by Gasteiger charge is -2.27. The third kappa shape index (κ3) is 4.93. The van der Waals surface area contributed by atoms with Gasteiger partial charge in [-0.3, -0.25) is 9.78 Å². The standard InChI is InChI=1S/C24H22ClN7O3/c1-34-21-11-16(23(33)31-7-9-35-10-8-31)4-5-20(21)29-24-27-14-19(25)22(30-24)17-12-28-32(15-17)18-3-2-6-26-13-18/h2-6,11-15H,7-10H2,1H3,(H,27,29,30). The van der Waals surface area contributed by atoms with Crippen LogP contribution in [0.1, 0.15) is 10.4 Å². The molecule has 0 atom stereocenters. The molecule has 1 amide bonds. The second kappa shape index (κ2) is 10.1. The van der Waals surface area contributed by atoms with Crippen molar-refractivity contribution in [3.8, 4) is 22.7 Å². The Morgan fingerprint density at radius 3 is 2.80 bits per heavy atom. The Morgan fingerprint density at radius 2 is 2.03 bits per heavy atom. The summed E-state index contributed by atoms with van der Waals surface area (Å²) in [7, 11) is 1.55. The Balaban J connectivity index is 1.38. The summed E-state index contributed by atoms with van der Waals surface area (Å²) < 4.78 is 12.6. The Kier molecular flexibility index (Phi) is 6.55. The number of nitrogens with zero attached hydrogens (tertiary/aromatic N) is 6. The molecule has 5 rings (SSSR count). The number of ether oxygens (including phenoxy) is 2. The molecule has 0 radical (unpaired) electrons. The van der Waals surface area contributed by atoms with Crippen LogP contribution in [0.25, 0.3) is 16.9 Å². The van der Waals surface area contributed by atoms with Crippen LogP contribution in [0.15, 0.2) is 61.3 Å². The summed E-state index contributed by atoms with van der Waals surface area (Å²) in [5.74, 6) is 0.756. The van der Waals surface area contributed by atoms with E-state index < -0.39 is 0 Å². The zero-order valence-electron chi connectivity index (χ0n) is 18.9. The monoisotopic (exact) mass is 491 g/mol. The minimum absolute atomic E-state index is 0.0613. The Bertz CT molecular complexity index is 1340. The number of methoxy groups -OCH3 is 1. The predicted molar refractivity (Wildman–Crippen MR) is 130 cm³/mol. The first kappa shape index (κ1) is 22.8. The lowest BCUT2D eigenvalue weighted by atomic mass is 10.1. The van der Waals surface area contributed by atoms with E-state index in [9.17, 15) is 4.79 Å². The molecule has 3 aromatic heterocycles. The van der Waals surface area contributed by atoms with Crippen molar-refractivity contribution in [1.82, 2.24) is 29.6 Å². The average molecular weight is 492 g/mol. The number of hydrogen-bond acceptors (Lipinski definition) is 8. The van der Waals surface area contributed by atoms with Crippen molar-refractivity contribution >= 4 is 29.1 Å². The maximum absolute atomic E-state index is 12.8. The van der Waals surface area contributed by atoms with Gasteiger partial charge in [0.1, 0.15) is 5.75 Å². The molecule has 1 saturated heterocycles. The van der Waals surface area contributed by atoms with Crippen molar-refractivity contribution in [1.29, 1.82) is 0 Å². The molecule has 11 heteroatoms. The maximum Gasteiger partial charge on any atom is 0.254 e. The van der Waals surface area contributed by atoms with Crippen LogP contribution in [0, 0.1) is 0 Å². The lowest BCUT2D eigenvalue weighted by Crippen LogP contribution is -2.40. The molecular formula is C24H22ClN7O3. The summed E-state index contributed by atoms with van der Waals surface area (Å²) in [6, 6.07) is 8.96. The predicted octanol–water partition coefficient (Wildman–Crippen LogP) is 3.60. The van der Waals surface area contributed by atoms with Crippen LogP contribution in [0.4, 0.5) is 11.6 Å². The molecule has 4 heterocycles. The number of nitrogens with one attached hydrogen (secondary N) is 1. The zero-order valence-corrected chi connectivity index (χ0v) is 19.6. The van der Waals surface area contributed by atoms with Crippen LogP contribution < -0.4 is 10.1 Å². The summed E-state index contributed by atoms with van der Waals surface area (Å²) in [6.07, 6.45) is 8.44. The van der Waals surface area contributed by atoms with Gasteiger partial charge in [-0.1, -0.05) is 11.6 Å². The van der Waals surface area contributed by atoms with Crippen LogP contribution in [0.5, 0.6) is 5.75 Å². The van der Waals surface area contributed by atoms with Crippen LogP contribution in [-0.2, 0) is 4.74 Å². The van der Waals surface area contributed by atoms with Gasteiger partial charge in [-0.2, -0.15) is 5.10 Å². The van der Waals surface area contributed by atoms with E-state index in [-0.39, 0.29) is 5.91 Å². The number of carbonyl (C=O) groups excluding carboxylic acids is 1. The van der Waals surface area contributed by atoms with Crippen LogP contribution >= 0.6 is 11.6 Å². The number of benzene rings is 1. The van der Waals surface area contributed by atoms with Crippen molar-refractivity contribution in [3.63, 3.8) is 0 Å². The molecule has 0 spiro atoms. The van der Waals surface area contributed by atoms with Gasteiger partial charge in [0.15, 0.2) is 0 Å². The molecular weight excluding hydrogens is 470 g/mol. The smallest absolute Gasteiger partial charge is 0.254 e. The number of morpholine rings is 1. The first-order valence-electron chi connectivity index (χ1n) is 10.9. The van der Waals surface area contributed by atoms with Crippen LogP contribution in [-0.4, -0.2) is 69.0 Å². The maximum atomic E-state index is 12.8. The van der Waals surface area contributed by atoms with E-state index in [0.29, 0.717) is 60.0 Å². The molecule has 1 aliphatic rings. The van der Waals surface area contributed by atoms with Crippen molar-refractivity contribution in [2.45, 2.75) is 0 Å². The molecule has 10 nitrogen and oxygen atoms in total. The summed E-state index contributed by atoms with van der Waals surface area (Å²) in [4.78, 5) is 27.6. The summed E-state index contributed by atoms with van der Waals surface area (Å²) in [5.41, 5.74) is 3.22. The average Bonchev–Trinajstić information content (AvgIpc) is 3.41. The normalized spacial score (nSPS) is 13.5. The number of carbonyl (C=O) groups is 1. The topological polar surface area (TPSA) is 107 Å². The van der Waals surface area contributed by atoms with E-state index in [1.54, 1.807) is 53.5 Å². The van der Waals surface area contributed by atoms with Gasteiger partial charge in [0.25, 0.3) is 5.91 Å². The van der Waals surface area contributed by atoms with Gasteiger partial charge in [0.2, 0.25) is 5.95 Å². The Morgan fingerprint density at radius 1 is 1.17 bits per heavy atom. The summed E-state index contributed by atoms with van der Waals surface area (Å²) in [6.45, 7) is 2.22. The number of pyridine rings is 1. The second-order valence-electron chi connectivity index (χ2n) is 7.72. The Labute approximate surface area is 206 Å². The Hall–Kier alpha value is -4.02. The molecule has 0 bridgehead atoms. The number of aromatic nitrogens is 5. The number of halogens is 1. The number of hydrogen-bond donors (Lipinski definition) is 1. The molecule has 0 saturated carbocycles. The number of anilines is 2. The fourth-order valence-corrected chi connectivity index (χ4v) is 3.90. The van der Waals surface area contributed by atoms with Crippen LogP contribution in [0.2, 0.25) is 5.02 Å². The van der Waals surface area contributed by atoms with Gasteiger partial charge in [-0.15, -0.1) is 0 Å². The van der Waals surface area contributed by atoms with Gasteiger partial charge >= 0.3 is 0 Å². The van der Waals surface area contributed by atoms with E-state index in [0.717, 1.165) is 11.3 Å². The molecule has 35 heavy (non-hydrogen) atoms. The molecule has 0 aliphatic carbocycles.